The van der Waals surface area contributed by atoms with E-state index >= 15 is 0 Å². The van der Waals surface area contributed by atoms with Gasteiger partial charge in [-0.2, -0.15) is 4.98 Å². The Morgan fingerprint density at radius 2 is 1.94 bits per heavy atom. The molecule has 0 aliphatic rings. The maximum absolute atomic E-state index is 11.9. The second-order valence-electron chi connectivity index (χ2n) is 7.54. The molecule has 9 heteroatoms. The van der Waals surface area contributed by atoms with Crippen LogP contribution in [-0.2, 0) is 9.59 Å². The number of carbonyl (C=O) groups excluding carboxylic acids is 2. The number of rotatable bonds is 12. The Morgan fingerprint density at radius 3 is 2.47 bits per heavy atom. The second-order valence-corrected chi connectivity index (χ2v) is 7.54. The summed E-state index contributed by atoms with van der Waals surface area (Å²) in [6.45, 7) is 15.0. The van der Waals surface area contributed by atoms with Gasteiger partial charge in [0.05, 0.1) is 25.4 Å². The van der Waals surface area contributed by atoms with E-state index < -0.39 is 11.8 Å². The molecule has 1 aromatic heterocycles. The number of anilines is 2. The lowest BCUT2D eigenvalue weighted by Gasteiger charge is -2.21. The van der Waals surface area contributed by atoms with Gasteiger partial charge in [0.2, 0.25) is 17.8 Å². The molecule has 0 fully saturated rings. The van der Waals surface area contributed by atoms with Crippen molar-refractivity contribution in [3.05, 3.63) is 29.5 Å². The van der Waals surface area contributed by atoms with Gasteiger partial charge in [-0.1, -0.05) is 25.5 Å². The van der Waals surface area contributed by atoms with Crippen molar-refractivity contribution in [2.75, 3.05) is 30.0 Å². The van der Waals surface area contributed by atoms with Gasteiger partial charge in [-0.05, 0) is 38.3 Å². The molecule has 1 heterocycles. The third kappa shape index (κ3) is 8.22. The van der Waals surface area contributed by atoms with E-state index in [1.165, 1.54) is 20.0 Å². The molecule has 9 nitrogen and oxygen atoms in total. The predicted octanol–water partition coefficient (Wildman–Crippen LogP) is 3.31. The molecule has 0 aliphatic carbocycles. The van der Waals surface area contributed by atoms with E-state index in [2.05, 4.69) is 26.9 Å². The quantitative estimate of drug-likeness (QED) is 0.288. The van der Waals surface area contributed by atoms with Crippen LogP contribution in [0.5, 0.6) is 5.75 Å². The monoisotopic (exact) mass is 445 g/mol. The van der Waals surface area contributed by atoms with Crippen LogP contribution in [-0.4, -0.2) is 58.9 Å². The topological polar surface area (TPSA) is 117 Å². The molecule has 0 radical (unpaired) electrons. The molecule has 2 N–H and O–H groups in total. The maximum atomic E-state index is 11.9. The van der Waals surface area contributed by atoms with Crippen LogP contribution in [0, 0.1) is 0 Å². The minimum atomic E-state index is -0.493. The highest BCUT2D eigenvalue weighted by Gasteiger charge is 2.22. The third-order valence-corrected chi connectivity index (χ3v) is 4.77. The summed E-state index contributed by atoms with van der Waals surface area (Å²) < 4.78 is 5.80. The molecule has 0 bridgehead atoms. The first-order valence-electron chi connectivity index (χ1n) is 10.6. The van der Waals surface area contributed by atoms with Gasteiger partial charge in [0.1, 0.15) is 6.61 Å². The molecule has 0 saturated heterocycles. The van der Waals surface area contributed by atoms with Crippen LogP contribution in [0.15, 0.2) is 34.5 Å². The zero-order valence-electron chi connectivity index (χ0n) is 19.9. The van der Waals surface area contributed by atoms with Crippen LogP contribution in [0.3, 0.4) is 0 Å². The Labute approximate surface area is 190 Å². The zero-order valence-corrected chi connectivity index (χ0v) is 19.9. The van der Waals surface area contributed by atoms with Crippen LogP contribution in [0.25, 0.3) is 0 Å². The SMILES string of the molecule is C=C(C)/C(C)=C(C)\C=N/CCOc1cnc(N(C(C)=O)C(C)=O)nc1NC(CO)CCC. The Balaban J connectivity index is 3.05. The van der Waals surface area contributed by atoms with Gasteiger partial charge in [0.25, 0.3) is 0 Å². The van der Waals surface area contributed by atoms with Crippen LogP contribution in [0.4, 0.5) is 11.8 Å². The molecule has 0 saturated carbocycles. The number of aliphatic imine (C=N–C) groups is 1. The van der Waals surface area contributed by atoms with Crippen molar-refractivity contribution in [1.29, 1.82) is 0 Å². The number of ether oxygens (including phenoxy) is 1. The smallest absolute Gasteiger partial charge is 0.241 e. The molecule has 176 valence electrons. The van der Waals surface area contributed by atoms with E-state index in [4.69, 9.17) is 4.74 Å². The number of allylic oxidation sites excluding steroid dienone is 3. The molecule has 0 aliphatic heterocycles. The van der Waals surface area contributed by atoms with Crippen molar-refractivity contribution in [3.63, 3.8) is 0 Å². The summed E-state index contributed by atoms with van der Waals surface area (Å²) in [6, 6.07) is -0.260. The number of aliphatic hydroxyl groups is 1. The normalized spacial score (nSPS) is 12.8. The first kappa shape index (κ1) is 27.0. The fourth-order valence-corrected chi connectivity index (χ4v) is 2.78. The fraction of sp³-hybridized carbons (Fsp3) is 0.522. The summed E-state index contributed by atoms with van der Waals surface area (Å²) in [5.74, 6) is -0.398. The standard InChI is InChI=1S/C23H35N5O4/c1-8-9-20(14-29)26-22-21(13-25-23(27-22)28(18(6)30)19(7)31)32-11-10-24-12-16(4)17(5)15(2)3/h12-13,20,29H,2,8-11,14H2,1,3-7H3,(H,25,26,27)/b17-16-,24-12-. The molecule has 2 amide bonds. The molecule has 32 heavy (non-hydrogen) atoms. The first-order valence-corrected chi connectivity index (χ1v) is 10.6. The number of nitrogens with zero attached hydrogens (tertiary/aromatic N) is 4. The van der Waals surface area contributed by atoms with Crippen molar-refractivity contribution >= 4 is 29.8 Å². The predicted molar refractivity (Wildman–Crippen MR) is 127 cm³/mol. The van der Waals surface area contributed by atoms with Gasteiger partial charge in [-0.15, -0.1) is 0 Å². The Bertz CT molecular complexity index is 865. The Morgan fingerprint density at radius 1 is 1.28 bits per heavy atom. The molecule has 1 rings (SSSR count). The number of hydrogen-bond acceptors (Lipinski definition) is 8. The summed E-state index contributed by atoms with van der Waals surface area (Å²) in [5.41, 5.74) is 3.12. The van der Waals surface area contributed by atoms with E-state index in [0.717, 1.165) is 28.0 Å². The number of aliphatic hydroxyl groups excluding tert-OH is 1. The number of imide groups is 1. The minimum absolute atomic E-state index is 0.0536. The number of amides is 2. The average molecular weight is 446 g/mol. The number of hydrogen-bond donors (Lipinski definition) is 2. The van der Waals surface area contributed by atoms with Gasteiger partial charge < -0.3 is 15.2 Å². The molecular weight excluding hydrogens is 410 g/mol. The lowest BCUT2D eigenvalue weighted by molar-refractivity contribution is -0.124. The summed E-state index contributed by atoms with van der Waals surface area (Å²) in [6.07, 6.45) is 4.75. The Kier molecular flexibility index (Phi) is 11.3. The van der Waals surface area contributed by atoms with Gasteiger partial charge in [0, 0.05) is 20.1 Å². The third-order valence-electron chi connectivity index (χ3n) is 4.77. The summed E-state index contributed by atoms with van der Waals surface area (Å²) in [5, 5.41) is 12.8. The van der Waals surface area contributed by atoms with E-state index in [1.807, 2.05) is 27.7 Å². The molecule has 1 atom stereocenters. The summed E-state index contributed by atoms with van der Waals surface area (Å²) in [7, 11) is 0. The lowest BCUT2D eigenvalue weighted by atomic mass is 10.1. The van der Waals surface area contributed by atoms with Crippen molar-refractivity contribution in [1.82, 2.24) is 9.97 Å². The van der Waals surface area contributed by atoms with E-state index in [-0.39, 0.29) is 25.2 Å². The molecule has 1 aromatic rings. The van der Waals surface area contributed by atoms with Crippen LogP contribution in [0.1, 0.15) is 54.4 Å². The average Bonchev–Trinajstić information content (AvgIpc) is 2.72. The maximum Gasteiger partial charge on any atom is 0.241 e. The van der Waals surface area contributed by atoms with Crippen molar-refractivity contribution < 1.29 is 19.4 Å². The number of carbonyl (C=O) groups is 2. The lowest BCUT2D eigenvalue weighted by Crippen LogP contribution is -2.35. The molecule has 1 unspecified atom stereocenters. The van der Waals surface area contributed by atoms with Crippen molar-refractivity contribution in [2.45, 2.75) is 60.4 Å². The number of aromatic nitrogens is 2. The highest BCUT2D eigenvalue weighted by atomic mass is 16.5. The van der Waals surface area contributed by atoms with Crippen LogP contribution >= 0.6 is 0 Å². The summed E-state index contributed by atoms with van der Waals surface area (Å²) >= 11 is 0. The van der Waals surface area contributed by atoms with Gasteiger partial charge in [0.15, 0.2) is 11.6 Å². The molecular formula is C23H35N5O4. The highest BCUT2D eigenvalue weighted by Crippen LogP contribution is 2.25. The largest absolute Gasteiger partial charge is 0.486 e. The van der Waals surface area contributed by atoms with Crippen LogP contribution in [0.2, 0.25) is 0 Å². The van der Waals surface area contributed by atoms with Gasteiger partial charge >= 0.3 is 0 Å². The van der Waals surface area contributed by atoms with Crippen molar-refractivity contribution in [2.24, 2.45) is 4.99 Å². The highest BCUT2D eigenvalue weighted by molar-refractivity contribution is 6.11. The first-order chi connectivity index (χ1) is 15.1. The van der Waals surface area contributed by atoms with Gasteiger partial charge in [-0.3, -0.25) is 14.6 Å². The fourth-order valence-electron chi connectivity index (χ4n) is 2.78. The van der Waals surface area contributed by atoms with Gasteiger partial charge in [-0.25, -0.2) is 9.88 Å². The zero-order chi connectivity index (χ0) is 24.3. The van der Waals surface area contributed by atoms with E-state index in [9.17, 15) is 14.7 Å². The van der Waals surface area contributed by atoms with Crippen molar-refractivity contribution in [3.8, 4) is 5.75 Å². The second kappa shape index (κ2) is 13.4. The van der Waals surface area contributed by atoms with E-state index in [0.29, 0.717) is 24.5 Å². The van der Waals surface area contributed by atoms with E-state index in [1.54, 1.807) is 6.21 Å². The molecule has 0 aromatic carbocycles. The Hall–Kier alpha value is -3.07. The molecule has 0 spiro atoms. The van der Waals surface area contributed by atoms with Crippen LogP contribution < -0.4 is 15.0 Å². The number of nitrogens with one attached hydrogen (secondary N) is 1. The minimum Gasteiger partial charge on any atom is -0.486 e. The summed E-state index contributed by atoms with van der Waals surface area (Å²) in [4.78, 5) is 37.4.